The largest absolute Gasteiger partial charge is 0.481 e. The van der Waals surface area contributed by atoms with E-state index in [1.165, 1.54) is 0 Å². The average molecular weight is 1060 g/mol. The lowest BCUT2D eigenvalue weighted by molar-refractivity contribution is -0.145. The standard InChI is InChI=1S/C50H84N4O20/c1-2-36(42(58)33-55)14-11-12-24-51-43(59)23-21-41(50(69)70)54-45(61)22-18-37(48(65)66)32-39(57)34-73-30-29-72-27-25-52-46(62)35-74-31-28-71-26-13-15-38(56)19-20-40(49(67)68)53-44(60)16-9-7-5-3-4-6-8-10-17-47(63)64/h36-37,40-41,55H,2-35H2,1H3,(H,51,59)(H,52,62)(H,53,60)(H,54,61)(H,63,64)(H,65,66)(H,67,68)(H,69,70)/t36?,37-,40+,41+/m1/s1. The number of rotatable bonds is 52. The first-order chi connectivity index (χ1) is 35.4. The maximum atomic E-state index is 12.5. The van der Waals surface area contributed by atoms with Gasteiger partial charge in [-0.2, -0.15) is 0 Å². The van der Waals surface area contributed by atoms with Crippen LogP contribution in [0.5, 0.6) is 0 Å². The number of nitrogens with one attached hydrogen (secondary N) is 4. The summed E-state index contributed by atoms with van der Waals surface area (Å²) < 4.78 is 21.3. The molecule has 0 aliphatic rings. The number of carbonyl (C=O) groups is 11. The Labute approximate surface area is 433 Å². The number of carboxylic acid groups (broad SMARTS) is 4. The molecule has 424 valence electrons. The molecule has 9 N–H and O–H groups in total. The molecule has 0 aliphatic carbocycles. The summed E-state index contributed by atoms with van der Waals surface area (Å²) in [5.74, 6) is -9.05. The third kappa shape index (κ3) is 40.0. The number of ketones is 3. The van der Waals surface area contributed by atoms with Crippen LogP contribution in [0.3, 0.4) is 0 Å². The molecule has 24 heteroatoms. The Morgan fingerprint density at radius 2 is 0.946 bits per heavy atom. The summed E-state index contributed by atoms with van der Waals surface area (Å²) in [6, 6.07) is -2.56. The minimum Gasteiger partial charge on any atom is -0.481 e. The molecule has 0 fully saturated rings. The molecule has 4 amide bonds. The molecule has 0 aromatic carbocycles. The topological polar surface area (TPSA) is 374 Å². The summed E-state index contributed by atoms with van der Waals surface area (Å²) >= 11 is 0. The van der Waals surface area contributed by atoms with Crippen LogP contribution in [-0.2, 0) is 71.7 Å². The van der Waals surface area contributed by atoms with E-state index in [9.17, 15) is 68.1 Å². The molecule has 4 atom stereocenters. The van der Waals surface area contributed by atoms with Crippen LogP contribution in [0, 0.1) is 11.8 Å². The van der Waals surface area contributed by atoms with E-state index in [4.69, 9.17) is 29.2 Å². The maximum Gasteiger partial charge on any atom is 0.326 e. The van der Waals surface area contributed by atoms with Crippen molar-refractivity contribution in [1.29, 1.82) is 0 Å². The lowest BCUT2D eigenvalue weighted by Gasteiger charge is -2.16. The van der Waals surface area contributed by atoms with Gasteiger partial charge in [0.2, 0.25) is 23.6 Å². The number of carboxylic acids is 4. The second kappa shape index (κ2) is 45.0. The Hall–Kier alpha value is -5.43. The molecule has 74 heavy (non-hydrogen) atoms. The number of aliphatic hydroxyl groups is 1. The maximum absolute atomic E-state index is 12.5. The van der Waals surface area contributed by atoms with Gasteiger partial charge in [-0.3, -0.25) is 43.2 Å². The molecule has 0 radical (unpaired) electrons. The number of unbranched alkanes of at least 4 members (excludes halogenated alkanes) is 8. The van der Waals surface area contributed by atoms with Gasteiger partial charge in [0.1, 0.15) is 37.7 Å². The molecular formula is C50H84N4O20. The van der Waals surface area contributed by atoms with Crippen molar-refractivity contribution in [1.82, 2.24) is 21.3 Å². The zero-order valence-corrected chi connectivity index (χ0v) is 43.2. The Morgan fingerprint density at radius 1 is 0.419 bits per heavy atom. The van der Waals surface area contributed by atoms with Crippen molar-refractivity contribution in [2.24, 2.45) is 11.8 Å². The van der Waals surface area contributed by atoms with E-state index in [-0.39, 0.29) is 134 Å². The number of hydrogen-bond donors (Lipinski definition) is 9. The van der Waals surface area contributed by atoms with Crippen LogP contribution in [0.25, 0.3) is 0 Å². The number of amides is 4. The normalized spacial score (nSPS) is 12.7. The molecule has 0 aromatic heterocycles. The molecule has 0 aromatic rings. The summed E-state index contributed by atoms with van der Waals surface area (Å²) in [6.45, 7) is 1.87. The highest BCUT2D eigenvalue weighted by Gasteiger charge is 2.26. The van der Waals surface area contributed by atoms with Gasteiger partial charge in [0.25, 0.3) is 0 Å². The molecule has 0 saturated carbocycles. The fourth-order valence-electron chi connectivity index (χ4n) is 7.36. The van der Waals surface area contributed by atoms with Gasteiger partial charge >= 0.3 is 23.9 Å². The Kier molecular flexibility index (Phi) is 41.7. The van der Waals surface area contributed by atoms with Crippen LogP contribution in [0.15, 0.2) is 0 Å². The quantitative estimate of drug-likeness (QED) is 0.0395. The van der Waals surface area contributed by atoms with Gasteiger partial charge in [0, 0.05) is 70.6 Å². The lowest BCUT2D eigenvalue weighted by Crippen LogP contribution is -2.42. The predicted octanol–water partition coefficient (Wildman–Crippen LogP) is 2.52. The van der Waals surface area contributed by atoms with Crippen LogP contribution in [0.4, 0.5) is 0 Å². The number of aliphatic hydroxyl groups excluding tert-OH is 1. The van der Waals surface area contributed by atoms with Crippen LogP contribution < -0.4 is 21.3 Å². The predicted molar refractivity (Wildman–Crippen MR) is 265 cm³/mol. The van der Waals surface area contributed by atoms with Crippen molar-refractivity contribution in [3.05, 3.63) is 0 Å². The SMILES string of the molecule is CCC(CCCCNC(=O)CC[C@H](NC(=O)CC[C@H](CC(=O)COCCOCCNC(=O)COCCOCCCC(=O)CC[C@H](NC(=O)CCCCCCCCCCC(=O)O)C(=O)O)C(=O)O)C(=O)O)C(=O)CO. The molecule has 1 unspecified atom stereocenters. The highest BCUT2D eigenvalue weighted by Crippen LogP contribution is 2.15. The van der Waals surface area contributed by atoms with E-state index in [1.54, 1.807) is 0 Å². The van der Waals surface area contributed by atoms with Crippen molar-refractivity contribution in [2.75, 3.05) is 72.6 Å². The molecule has 0 rings (SSSR count). The van der Waals surface area contributed by atoms with Crippen LogP contribution in [0.2, 0.25) is 0 Å². The smallest absolute Gasteiger partial charge is 0.326 e. The van der Waals surface area contributed by atoms with E-state index in [2.05, 4.69) is 21.3 Å². The first-order valence-corrected chi connectivity index (χ1v) is 25.9. The molecular weight excluding hydrogens is 977 g/mol. The first-order valence-electron chi connectivity index (χ1n) is 25.9. The van der Waals surface area contributed by atoms with E-state index >= 15 is 0 Å². The van der Waals surface area contributed by atoms with Gasteiger partial charge in [-0.05, 0) is 57.8 Å². The molecule has 0 heterocycles. The summed E-state index contributed by atoms with van der Waals surface area (Å²) in [5, 5.41) is 56.3. The van der Waals surface area contributed by atoms with E-state index in [0.717, 1.165) is 38.5 Å². The number of ether oxygens (including phenoxy) is 4. The zero-order chi connectivity index (χ0) is 55.4. The van der Waals surface area contributed by atoms with Crippen LogP contribution >= 0.6 is 0 Å². The monoisotopic (exact) mass is 1060 g/mol. The molecule has 0 bridgehead atoms. The van der Waals surface area contributed by atoms with E-state index in [1.807, 2.05) is 6.92 Å². The van der Waals surface area contributed by atoms with Gasteiger partial charge < -0.3 is 65.7 Å². The first kappa shape index (κ1) is 68.6. The summed E-state index contributed by atoms with van der Waals surface area (Å²) in [4.78, 5) is 131. The van der Waals surface area contributed by atoms with Gasteiger partial charge in [-0.1, -0.05) is 51.9 Å². The molecule has 0 saturated heterocycles. The van der Waals surface area contributed by atoms with Crippen molar-refractivity contribution >= 4 is 64.9 Å². The van der Waals surface area contributed by atoms with Crippen molar-refractivity contribution in [3.8, 4) is 0 Å². The number of carbonyl (C=O) groups excluding carboxylic acids is 7. The molecule has 24 nitrogen and oxygen atoms in total. The van der Waals surface area contributed by atoms with Gasteiger partial charge in [-0.15, -0.1) is 0 Å². The fourth-order valence-corrected chi connectivity index (χ4v) is 7.36. The lowest BCUT2D eigenvalue weighted by atomic mass is 9.95. The highest BCUT2D eigenvalue weighted by molar-refractivity contribution is 5.87. The third-order valence-corrected chi connectivity index (χ3v) is 11.7. The van der Waals surface area contributed by atoms with Crippen molar-refractivity contribution in [2.45, 2.75) is 167 Å². The minimum absolute atomic E-state index is 0.00587. The number of aliphatic carboxylic acids is 4. The van der Waals surface area contributed by atoms with Gasteiger partial charge in [0.15, 0.2) is 11.6 Å². The van der Waals surface area contributed by atoms with E-state index < -0.39 is 85.0 Å². The van der Waals surface area contributed by atoms with E-state index in [0.29, 0.717) is 51.5 Å². The molecule has 0 aliphatic heterocycles. The summed E-state index contributed by atoms with van der Waals surface area (Å²) in [5.41, 5.74) is 0. The van der Waals surface area contributed by atoms with Gasteiger partial charge in [0.05, 0.1) is 39.0 Å². The van der Waals surface area contributed by atoms with Gasteiger partial charge in [-0.25, -0.2) is 9.59 Å². The minimum atomic E-state index is -1.40. The second-order valence-electron chi connectivity index (χ2n) is 17.9. The van der Waals surface area contributed by atoms with Crippen LogP contribution in [-0.4, -0.2) is 175 Å². The number of hydrogen-bond acceptors (Lipinski definition) is 16. The summed E-state index contributed by atoms with van der Waals surface area (Å²) in [6.07, 6.45) is 8.76. The Balaban J connectivity index is 4.04. The second-order valence-corrected chi connectivity index (χ2v) is 17.9. The van der Waals surface area contributed by atoms with Crippen molar-refractivity contribution in [3.63, 3.8) is 0 Å². The number of Topliss-reactive ketones (excluding diaryl/α,β-unsaturated/α-hetero) is 3. The zero-order valence-electron chi connectivity index (χ0n) is 43.2. The third-order valence-electron chi connectivity index (χ3n) is 11.7. The fraction of sp³-hybridized carbons (Fsp3) is 0.780. The highest BCUT2D eigenvalue weighted by atomic mass is 16.5. The molecule has 0 spiro atoms. The Bertz CT molecular complexity index is 1700. The Morgan fingerprint density at radius 3 is 1.53 bits per heavy atom. The summed E-state index contributed by atoms with van der Waals surface area (Å²) in [7, 11) is 0. The van der Waals surface area contributed by atoms with Crippen molar-refractivity contribution < 1.29 is 97.2 Å². The average Bonchev–Trinajstić information content (AvgIpc) is 3.35. The van der Waals surface area contributed by atoms with Crippen LogP contribution in [0.1, 0.15) is 155 Å².